The van der Waals surface area contributed by atoms with Crippen LogP contribution in [-0.4, -0.2) is 80.9 Å². The van der Waals surface area contributed by atoms with Crippen LogP contribution < -0.4 is 4.74 Å². The van der Waals surface area contributed by atoms with Gasteiger partial charge in [0.15, 0.2) is 0 Å². The molecule has 0 N–H and O–H groups in total. The molecule has 1 aliphatic carbocycles. The highest BCUT2D eigenvalue weighted by atomic mass is 32.2. The van der Waals surface area contributed by atoms with Crippen LogP contribution in [0, 0.1) is 5.92 Å². The molecular formula is C22H33N3O4S. The molecule has 0 spiro atoms. The monoisotopic (exact) mass is 435 g/mol. The van der Waals surface area contributed by atoms with Crippen LogP contribution in [0.4, 0.5) is 0 Å². The number of likely N-dealkylation sites (tertiary alicyclic amines) is 1. The molecule has 7 nitrogen and oxygen atoms in total. The molecule has 30 heavy (non-hydrogen) atoms. The lowest BCUT2D eigenvalue weighted by molar-refractivity contribution is -0.135. The third-order valence-corrected chi connectivity index (χ3v) is 8.64. The van der Waals surface area contributed by atoms with Gasteiger partial charge in [-0.05, 0) is 45.5 Å². The number of hydrogen-bond acceptors (Lipinski definition) is 5. The summed E-state index contributed by atoms with van der Waals surface area (Å²) in [4.78, 5) is 17.2. The van der Waals surface area contributed by atoms with Crippen molar-refractivity contribution in [3.05, 3.63) is 24.3 Å². The van der Waals surface area contributed by atoms with Gasteiger partial charge in [-0.2, -0.15) is 4.31 Å². The second kappa shape index (κ2) is 8.85. The second-order valence-corrected chi connectivity index (χ2v) is 10.8. The van der Waals surface area contributed by atoms with E-state index in [1.807, 2.05) is 30.0 Å². The van der Waals surface area contributed by atoms with Crippen LogP contribution in [0.2, 0.25) is 0 Å². The van der Waals surface area contributed by atoms with E-state index in [2.05, 4.69) is 0 Å². The van der Waals surface area contributed by atoms with E-state index in [1.165, 1.54) is 0 Å². The lowest BCUT2D eigenvalue weighted by atomic mass is 10.1. The number of fused-ring (bicyclic) bond motifs is 2. The average Bonchev–Trinajstić information content (AvgIpc) is 3.15. The Balaban J connectivity index is 1.62. The highest BCUT2D eigenvalue weighted by molar-refractivity contribution is 7.89. The van der Waals surface area contributed by atoms with Crippen molar-refractivity contribution in [3.63, 3.8) is 0 Å². The van der Waals surface area contributed by atoms with Gasteiger partial charge < -0.3 is 14.5 Å². The molecule has 8 heteroatoms. The summed E-state index contributed by atoms with van der Waals surface area (Å²) >= 11 is 0. The van der Waals surface area contributed by atoms with Crippen molar-refractivity contribution >= 4 is 15.9 Å². The summed E-state index contributed by atoms with van der Waals surface area (Å²) in [6.07, 6.45) is 5.21. The standard InChI is InChI=1S/C22H33N3O4S/c1-23(2)15-16-25-18-11-13-24(22(26)17-7-3-4-8-17)14-12-19(18)29-20-9-5-6-10-21(20)30(25,27)28/h5-6,9-10,17-19H,3-4,7-8,11-16H2,1-2H3/t18-,19-/m1/s1. The Morgan fingerprint density at radius 1 is 1.10 bits per heavy atom. The summed E-state index contributed by atoms with van der Waals surface area (Å²) in [5, 5.41) is 0. The first kappa shape index (κ1) is 21.6. The molecule has 2 heterocycles. The smallest absolute Gasteiger partial charge is 0.247 e. The van der Waals surface area contributed by atoms with Gasteiger partial charge in [0.2, 0.25) is 15.9 Å². The van der Waals surface area contributed by atoms with Gasteiger partial charge in [-0.3, -0.25) is 4.79 Å². The number of rotatable bonds is 4. The van der Waals surface area contributed by atoms with Crippen LogP contribution in [0.25, 0.3) is 0 Å². The molecule has 0 unspecified atom stereocenters. The van der Waals surface area contributed by atoms with E-state index in [0.29, 0.717) is 44.8 Å². The van der Waals surface area contributed by atoms with Crippen molar-refractivity contribution in [2.24, 2.45) is 5.92 Å². The Morgan fingerprint density at radius 2 is 1.80 bits per heavy atom. The van der Waals surface area contributed by atoms with Gasteiger partial charge in [0.05, 0.1) is 6.04 Å². The normalized spacial score (nSPS) is 27.1. The fraction of sp³-hybridized carbons (Fsp3) is 0.682. The minimum absolute atomic E-state index is 0.142. The van der Waals surface area contributed by atoms with E-state index in [9.17, 15) is 13.2 Å². The third kappa shape index (κ3) is 4.22. The molecule has 3 aliphatic rings. The Hall–Kier alpha value is -1.64. The topological polar surface area (TPSA) is 70.2 Å². The molecule has 1 amide bonds. The maximum absolute atomic E-state index is 13.6. The predicted octanol–water partition coefficient (Wildman–Crippen LogP) is 2.18. The largest absolute Gasteiger partial charge is 0.487 e. The molecule has 0 radical (unpaired) electrons. The maximum Gasteiger partial charge on any atom is 0.247 e. The fourth-order valence-corrected chi connectivity index (χ4v) is 6.79. The van der Waals surface area contributed by atoms with Crippen molar-refractivity contribution in [2.45, 2.75) is 55.6 Å². The SMILES string of the molecule is CN(C)CCN1[C@@H]2CCN(C(=O)C3CCCC3)CC[C@H]2Oc2ccccc2S1(=O)=O. The molecule has 2 aliphatic heterocycles. The number of para-hydroxylation sites is 1. The zero-order chi connectivity index (χ0) is 21.3. The number of amides is 1. The lowest BCUT2D eigenvalue weighted by Gasteiger charge is -2.32. The number of sulfonamides is 1. The second-order valence-electron chi connectivity index (χ2n) is 8.97. The summed E-state index contributed by atoms with van der Waals surface area (Å²) in [5.74, 6) is 0.811. The lowest BCUT2D eigenvalue weighted by Crippen LogP contribution is -2.49. The number of likely N-dealkylation sites (N-methyl/N-ethyl adjacent to an activating group) is 1. The zero-order valence-electron chi connectivity index (χ0n) is 18.0. The Bertz CT molecular complexity index is 867. The van der Waals surface area contributed by atoms with Gasteiger partial charge >= 0.3 is 0 Å². The van der Waals surface area contributed by atoms with Crippen molar-refractivity contribution in [1.29, 1.82) is 0 Å². The number of benzene rings is 1. The Labute approximate surface area is 180 Å². The van der Waals surface area contributed by atoms with Crippen LogP contribution in [0.15, 0.2) is 29.2 Å². The quantitative estimate of drug-likeness (QED) is 0.725. The van der Waals surface area contributed by atoms with Crippen LogP contribution >= 0.6 is 0 Å². The van der Waals surface area contributed by atoms with E-state index in [1.54, 1.807) is 22.5 Å². The van der Waals surface area contributed by atoms with Gasteiger partial charge in [-0.25, -0.2) is 8.42 Å². The van der Waals surface area contributed by atoms with Crippen LogP contribution in [-0.2, 0) is 14.8 Å². The molecule has 1 saturated heterocycles. The van der Waals surface area contributed by atoms with E-state index in [-0.39, 0.29) is 28.9 Å². The van der Waals surface area contributed by atoms with Gasteiger partial charge in [-0.1, -0.05) is 25.0 Å². The number of carbonyl (C=O) groups excluding carboxylic acids is 1. The summed E-state index contributed by atoms with van der Waals surface area (Å²) < 4.78 is 35.1. The Kier molecular flexibility index (Phi) is 6.36. The number of ether oxygens (including phenoxy) is 1. The van der Waals surface area contributed by atoms with Crippen molar-refractivity contribution in [2.75, 3.05) is 40.3 Å². The number of hydrogen-bond donors (Lipinski definition) is 0. The van der Waals surface area contributed by atoms with E-state index >= 15 is 0 Å². The van der Waals surface area contributed by atoms with Gasteiger partial charge in [-0.15, -0.1) is 0 Å². The summed E-state index contributed by atoms with van der Waals surface area (Å²) in [6, 6.07) is 6.65. The van der Waals surface area contributed by atoms with Crippen molar-refractivity contribution in [1.82, 2.24) is 14.1 Å². The molecule has 1 aromatic carbocycles. The molecule has 0 aromatic heterocycles. The first-order valence-electron chi connectivity index (χ1n) is 11.1. The maximum atomic E-state index is 13.6. The molecule has 4 rings (SSSR count). The third-order valence-electron chi connectivity index (χ3n) is 6.68. The van der Waals surface area contributed by atoms with E-state index < -0.39 is 10.0 Å². The predicted molar refractivity (Wildman–Crippen MR) is 115 cm³/mol. The first-order valence-corrected chi connectivity index (χ1v) is 12.5. The van der Waals surface area contributed by atoms with E-state index in [0.717, 1.165) is 25.7 Å². The van der Waals surface area contributed by atoms with Crippen LogP contribution in [0.5, 0.6) is 5.75 Å². The minimum atomic E-state index is -3.68. The van der Waals surface area contributed by atoms with Crippen LogP contribution in [0.3, 0.4) is 0 Å². The average molecular weight is 436 g/mol. The molecule has 166 valence electrons. The summed E-state index contributed by atoms with van der Waals surface area (Å²) in [6.45, 7) is 2.25. The van der Waals surface area contributed by atoms with Gasteiger partial charge in [0, 0.05) is 38.5 Å². The number of nitrogens with zero attached hydrogens (tertiary/aromatic N) is 3. The van der Waals surface area contributed by atoms with Crippen molar-refractivity contribution < 1.29 is 17.9 Å². The van der Waals surface area contributed by atoms with Crippen LogP contribution in [0.1, 0.15) is 38.5 Å². The highest BCUT2D eigenvalue weighted by Gasteiger charge is 2.44. The van der Waals surface area contributed by atoms with E-state index in [4.69, 9.17) is 4.74 Å². The van der Waals surface area contributed by atoms with Gasteiger partial charge in [0.1, 0.15) is 16.7 Å². The Morgan fingerprint density at radius 3 is 2.53 bits per heavy atom. The highest BCUT2D eigenvalue weighted by Crippen LogP contribution is 2.37. The number of carbonyl (C=O) groups is 1. The zero-order valence-corrected chi connectivity index (χ0v) is 18.8. The summed E-state index contributed by atoms with van der Waals surface area (Å²) in [7, 11) is 0.215. The molecule has 0 bridgehead atoms. The van der Waals surface area contributed by atoms with Gasteiger partial charge in [0.25, 0.3) is 0 Å². The molecular weight excluding hydrogens is 402 g/mol. The molecule has 2 atom stereocenters. The minimum Gasteiger partial charge on any atom is -0.487 e. The molecule has 2 fully saturated rings. The fourth-order valence-electron chi connectivity index (χ4n) is 4.99. The summed E-state index contributed by atoms with van der Waals surface area (Å²) in [5.41, 5.74) is 0. The first-order chi connectivity index (χ1) is 14.4. The molecule has 1 saturated carbocycles. The van der Waals surface area contributed by atoms with Crippen molar-refractivity contribution in [3.8, 4) is 5.75 Å². The molecule has 1 aromatic rings.